The predicted molar refractivity (Wildman–Crippen MR) is 64.3 cm³/mol. The molecule has 0 amide bonds. The first kappa shape index (κ1) is 11.4. The molecule has 0 fully saturated rings. The molecule has 2 rings (SSSR count). The van der Waals surface area contributed by atoms with Gasteiger partial charge in [0.15, 0.2) is 0 Å². The van der Waals surface area contributed by atoms with Crippen LogP contribution in [0.5, 0.6) is 5.75 Å². The van der Waals surface area contributed by atoms with Gasteiger partial charge in [-0.3, -0.25) is 4.79 Å². The maximum absolute atomic E-state index is 10.8. The molecular weight excluding hydrogens is 216 g/mol. The molecule has 0 saturated carbocycles. The third-order valence-corrected chi connectivity index (χ3v) is 2.43. The summed E-state index contributed by atoms with van der Waals surface area (Å²) in [5.74, 6) is 0.812. The van der Waals surface area contributed by atoms with Crippen molar-refractivity contribution >= 4 is 6.29 Å². The minimum atomic E-state index is 0.608. The predicted octanol–water partition coefficient (Wildman–Crippen LogP) is 2.14. The Hall–Kier alpha value is -2.10. The van der Waals surface area contributed by atoms with Gasteiger partial charge in [-0.25, -0.2) is 4.98 Å². The van der Waals surface area contributed by atoms with Crippen LogP contribution in [0.15, 0.2) is 36.9 Å². The van der Waals surface area contributed by atoms with Crippen molar-refractivity contribution in [2.75, 3.05) is 6.61 Å². The van der Waals surface area contributed by atoms with Crippen molar-refractivity contribution in [3.63, 3.8) is 0 Å². The van der Waals surface area contributed by atoms with Gasteiger partial charge in [0, 0.05) is 23.5 Å². The van der Waals surface area contributed by atoms with Crippen molar-refractivity contribution in [2.24, 2.45) is 0 Å². The zero-order valence-corrected chi connectivity index (χ0v) is 9.67. The van der Waals surface area contributed by atoms with E-state index in [1.54, 1.807) is 18.6 Å². The second kappa shape index (κ2) is 5.30. The first-order chi connectivity index (χ1) is 8.33. The molecule has 0 atom stereocenters. The van der Waals surface area contributed by atoms with Crippen LogP contribution >= 0.6 is 0 Å². The lowest BCUT2D eigenvalue weighted by molar-refractivity contribution is 0.112. The van der Waals surface area contributed by atoms with Gasteiger partial charge < -0.3 is 9.30 Å². The van der Waals surface area contributed by atoms with E-state index in [-0.39, 0.29) is 0 Å². The molecular formula is C13H14N2O2. The summed E-state index contributed by atoms with van der Waals surface area (Å²) in [5, 5.41) is 0. The Morgan fingerprint density at radius 3 is 3.00 bits per heavy atom. The number of ether oxygens (including phenoxy) is 1. The van der Waals surface area contributed by atoms with E-state index in [2.05, 4.69) is 4.98 Å². The maximum atomic E-state index is 10.8. The minimum absolute atomic E-state index is 0.608. The fourth-order valence-corrected chi connectivity index (χ4v) is 1.67. The third kappa shape index (κ3) is 2.72. The van der Waals surface area contributed by atoms with Crippen LogP contribution in [0, 0.1) is 0 Å². The van der Waals surface area contributed by atoms with Gasteiger partial charge in [0.2, 0.25) is 0 Å². The van der Waals surface area contributed by atoms with E-state index in [1.807, 2.05) is 29.8 Å². The number of aromatic nitrogens is 2. The van der Waals surface area contributed by atoms with Crippen LogP contribution < -0.4 is 4.74 Å². The highest BCUT2D eigenvalue weighted by atomic mass is 16.5. The van der Waals surface area contributed by atoms with Crippen LogP contribution in [0.2, 0.25) is 0 Å². The van der Waals surface area contributed by atoms with Crippen LogP contribution in [0.4, 0.5) is 0 Å². The molecule has 4 heteroatoms. The van der Waals surface area contributed by atoms with E-state index >= 15 is 0 Å². The van der Waals surface area contributed by atoms with Crippen molar-refractivity contribution in [3.05, 3.63) is 48.0 Å². The third-order valence-electron chi connectivity index (χ3n) is 2.43. The first-order valence-corrected chi connectivity index (χ1v) is 5.50. The second-order valence-electron chi connectivity index (χ2n) is 3.65. The molecule has 0 aliphatic rings. The molecule has 4 nitrogen and oxygen atoms in total. The number of aldehydes is 1. The van der Waals surface area contributed by atoms with Crippen molar-refractivity contribution in [2.45, 2.75) is 13.5 Å². The molecule has 2 aromatic rings. The van der Waals surface area contributed by atoms with E-state index in [0.717, 1.165) is 17.6 Å². The fraction of sp³-hybridized carbons (Fsp3) is 0.231. The summed E-state index contributed by atoms with van der Waals surface area (Å²) in [5.41, 5.74) is 1.64. The van der Waals surface area contributed by atoms with Crippen LogP contribution in [-0.4, -0.2) is 22.4 Å². The van der Waals surface area contributed by atoms with E-state index < -0.39 is 0 Å². The lowest BCUT2D eigenvalue weighted by Crippen LogP contribution is -2.02. The maximum Gasteiger partial charge on any atom is 0.150 e. The van der Waals surface area contributed by atoms with Crippen LogP contribution in [0.1, 0.15) is 22.8 Å². The van der Waals surface area contributed by atoms with E-state index in [4.69, 9.17) is 4.74 Å². The standard InChI is InChI=1S/C13H14N2O2/c1-2-17-13-4-3-11(9-16)7-12(13)8-15-6-5-14-10-15/h3-7,9-10H,2,8H2,1H3. The molecule has 0 N–H and O–H groups in total. The lowest BCUT2D eigenvalue weighted by atomic mass is 10.1. The number of imidazole rings is 1. The molecule has 1 aromatic heterocycles. The molecule has 0 aliphatic heterocycles. The van der Waals surface area contributed by atoms with Crippen LogP contribution in [-0.2, 0) is 6.54 Å². The monoisotopic (exact) mass is 230 g/mol. The fourth-order valence-electron chi connectivity index (χ4n) is 1.67. The summed E-state index contributed by atoms with van der Waals surface area (Å²) in [4.78, 5) is 14.8. The highest BCUT2D eigenvalue weighted by Crippen LogP contribution is 2.20. The summed E-state index contributed by atoms with van der Waals surface area (Å²) >= 11 is 0. The number of benzene rings is 1. The zero-order chi connectivity index (χ0) is 12.1. The van der Waals surface area contributed by atoms with Gasteiger partial charge in [-0.2, -0.15) is 0 Å². The van der Waals surface area contributed by atoms with Gasteiger partial charge in [0.1, 0.15) is 12.0 Å². The molecule has 0 bridgehead atoms. The van der Waals surface area contributed by atoms with Gasteiger partial charge in [0.05, 0.1) is 19.5 Å². The van der Waals surface area contributed by atoms with Crippen LogP contribution in [0.3, 0.4) is 0 Å². The van der Waals surface area contributed by atoms with E-state index in [1.165, 1.54) is 0 Å². The van der Waals surface area contributed by atoms with E-state index in [9.17, 15) is 4.79 Å². The van der Waals surface area contributed by atoms with Crippen molar-refractivity contribution in [1.82, 2.24) is 9.55 Å². The molecule has 0 saturated heterocycles. The lowest BCUT2D eigenvalue weighted by Gasteiger charge is -2.11. The average Bonchev–Trinajstić information content (AvgIpc) is 2.84. The van der Waals surface area contributed by atoms with Crippen LogP contribution in [0.25, 0.3) is 0 Å². The molecule has 1 aromatic carbocycles. The zero-order valence-electron chi connectivity index (χ0n) is 9.67. The number of carbonyl (C=O) groups excluding carboxylic acids is 1. The Kier molecular flexibility index (Phi) is 3.55. The second-order valence-corrected chi connectivity index (χ2v) is 3.65. The molecule has 0 radical (unpaired) electrons. The SMILES string of the molecule is CCOc1ccc(C=O)cc1Cn1ccnc1. The smallest absolute Gasteiger partial charge is 0.150 e. The Labute approximate surface area is 99.9 Å². The molecule has 0 unspecified atom stereocenters. The first-order valence-electron chi connectivity index (χ1n) is 5.50. The Bertz CT molecular complexity index is 492. The molecule has 0 spiro atoms. The molecule has 1 heterocycles. The number of carbonyl (C=O) groups is 1. The number of hydrogen-bond donors (Lipinski definition) is 0. The number of hydrogen-bond acceptors (Lipinski definition) is 3. The summed E-state index contributed by atoms with van der Waals surface area (Å²) < 4.78 is 7.47. The van der Waals surface area contributed by atoms with Gasteiger partial charge in [-0.1, -0.05) is 0 Å². The largest absolute Gasteiger partial charge is 0.494 e. The number of nitrogens with zero attached hydrogens (tertiary/aromatic N) is 2. The Balaban J connectivity index is 2.30. The van der Waals surface area contributed by atoms with Gasteiger partial charge in [-0.05, 0) is 25.1 Å². The summed E-state index contributed by atoms with van der Waals surface area (Å²) in [6.45, 7) is 3.20. The summed E-state index contributed by atoms with van der Waals surface area (Å²) in [7, 11) is 0. The quantitative estimate of drug-likeness (QED) is 0.739. The van der Waals surface area contributed by atoms with Crippen molar-refractivity contribution in [1.29, 1.82) is 0 Å². The normalized spacial score (nSPS) is 10.2. The Morgan fingerprint density at radius 1 is 1.47 bits per heavy atom. The minimum Gasteiger partial charge on any atom is -0.494 e. The van der Waals surface area contributed by atoms with E-state index in [0.29, 0.717) is 18.7 Å². The van der Waals surface area contributed by atoms with Crippen molar-refractivity contribution < 1.29 is 9.53 Å². The summed E-state index contributed by atoms with van der Waals surface area (Å²) in [6, 6.07) is 5.44. The van der Waals surface area contributed by atoms with Crippen molar-refractivity contribution in [3.8, 4) is 5.75 Å². The molecule has 0 aliphatic carbocycles. The Morgan fingerprint density at radius 2 is 2.35 bits per heavy atom. The van der Waals surface area contributed by atoms with Gasteiger partial charge in [0.25, 0.3) is 0 Å². The molecule has 17 heavy (non-hydrogen) atoms. The number of rotatable bonds is 5. The topological polar surface area (TPSA) is 44.1 Å². The van der Waals surface area contributed by atoms with Gasteiger partial charge >= 0.3 is 0 Å². The average molecular weight is 230 g/mol. The summed E-state index contributed by atoms with van der Waals surface area (Å²) in [6.07, 6.45) is 6.18. The highest BCUT2D eigenvalue weighted by molar-refractivity contribution is 5.75. The molecule has 88 valence electrons. The highest BCUT2D eigenvalue weighted by Gasteiger charge is 2.05. The van der Waals surface area contributed by atoms with Gasteiger partial charge in [-0.15, -0.1) is 0 Å².